The van der Waals surface area contributed by atoms with E-state index in [9.17, 15) is 9.59 Å². The average Bonchev–Trinajstić information content (AvgIpc) is 3.14. The molecular formula is C34H33NO5. The van der Waals surface area contributed by atoms with Crippen molar-refractivity contribution in [1.29, 1.82) is 0 Å². The Kier molecular flexibility index (Phi) is 7.71. The number of hydrogen-bond acceptors (Lipinski definition) is 6. The van der Waals surface area contributed by atoms with Crippen molar-refractivity contribution >= 4 is 28.4 Å². The summed E-state index contributed by atoms with van der Waals surface area (Å²) in [5.41, 5.74) is 3.49. The van der Waals surface area contributed by atoms with Crippen molar-refractivity contribution in [2.75, 3.05) is 25.4 Å². The molecule has 0 aliphatic carbocycles. The summed E-state index contributed by atoms with van der Waals surface area (Å²) in [5, 5.41) is 3.75. The minimum Gasteiger partial charge on any atom is -0.468 e. The van der Waals surface area contributed by atoms with Gasteiger partial charge in [-0.25, -0.2) is 9.86 Å². The third-order valence-electron chi connectivity index (χ3n) is 7.48. The SMILES string of the molecule is C=C1CON(c2ccc(C(=O)OCC)cc2)[C@@H](c2ccc(C)cc2)[C@](C(=O)OC)(c2cccc3ccccc23)C1. The van der Waals surface area contributed by atoms with Crippen LogP contribution in [0.5, 0.6) is 0 Å². The van der Waals surface area contributed by atoms with Gasteiger partial charge in [-0.3, -0.25) is 9.63 Å². The van der Waals surface area contributed by atoms with Crippen LogP contribution in [0.4, 0.5) is 5.69 Å². The molecule has 0 spiro atoms. The van der Waals surface area contributed by atoms with Crippen molar-refractivity contribution in [1.82, 2.24) is 0 Å². The molecule has 6 heteroatoms. The molecule has 0 N–H and O–H groups in total. The lowest BCUT2D eigenvalue weighted by Gasteiger charge is -2.43. The highest BCUT2D eigenvalue weighted by Gasteiger charge is 2.54. The lowest BCUT2D eigenvalue weighted by Crippen LogP contribution is -2.49. The zero-order chi connectivity index (χ0) is 28.3. The largest absolute Gasteiger partial charge is 0.468 e. The van der Waals surface area contributed by atoms with Crippen LogP contribution in [0.2, 0.25) is 0 Å². The lowest BCUT2D eigenvalue weighted by atomic mass is 9.66. The summed E-state index contributed by atoms with van der Waals surface area (Å²) >= 11 is 0. The third kappa shape index (κ3) is 4.87. The number of fused-ring (bicyclic) bond motifs is 1. The number of anilines is 1. The highest BCUT2D eigenvalue weighted by molar-refractivity contribution is 5.95. The van der Waals surface area contributed by atoms with Gasteiger partial charge in [-0.2, -0.15) is 0 Å². The van der Waals surface area contributed by atoms with Crippen molar-refractivity contribution in [3.63, 3.8) is 0 Å². The Morgan fingerprint density at radius 1 is 0.975 bits per heavy atom. The number of carbonyl (C=O) groups excluding carboxylic acids is 2. The van der Waals surface area contributed by atoms with Gasteiger partial charge in [-0.15, -0.1) is 0 Å². The van der Waals surface area contributed by atoms with Crippen LogP contribution in [0.15, 0.2) is 103 Å². The number of hydrogen-bond donors (Lipinski definition) is 0. The monoisotopic (exact) mass is 535 g/mol. The van der Waals surface area contributed by atoms with E-state index in [0.29, 0.717) is 24.3 Å². The Balaban J connectivity index is 1.79. The molecule has 40 heavy (non-hydrogen) atoms. The molecule has 5 rings (SSSR count). The molecule has 0 amide bonds. The van der Waals surface area contributed by atoms with Gasteiger partial charge in [0.05, 0.1) is 31.6 Å². The molecule has 1 aliphatic heterocycles. The van der Waals surface area contributed by atoms with Crippen LogP contribution in [0.25, 0.3) is 10.8 Å². The van der Waals surface area contributed by atoms with E-state index in [1.807, 2.05) is 85.8 Å². The number of methoxy groups -OCH3 is 1. The molecule has 0 aromatic heterocycles. The quantitative estimate of drug-likeness (QED) is 0.198. The van der Waals surface area contributed by atoms with E-state index in [2.05, 4.69) is 6.58 Å². The van der Waals surface area contributed by atoms with Crippen molar-refractivity contribution in [3.05, 3.63) is 125 Å². The molecule has 1 heterocycles. The Morgan fingerprint density at radius 2 is 1.68 bits per heavy atom. The number of nitrogens with zero attached hydrogens (tertiary/aromatic N) is 1. The summed E-state index contributed by atoms with van der Waals surface area (Å²) in [4.78, 5) is 33.1. The maximum atomic E-state index is 14.3. The Labute approximate surface area is 234 Å². The summed E-state index contributed by atoms with van der Waals surface area (Å²) in [5.74, 6) is -0.775. The van der Waals surface area contributed by atoms with E-state index in [1.54, 1.807) is 24.1 Å². The fourth-order valence-corrected chi connectivity index (χ4v) is 5.66. The highest BCUT2D eigenvalue weighted by atomic mass is 16.7. The second kappa shape index (κ2) is 11.4. The van der Waals surface area contributed by atoms with Crippen molar-refractivity contribution in [3.8, 4) is 0 Å². The smallest absolute Gasteiger partial charge is 0.338 e. The van der Waals surface area contributed by atoms with Crippen molar-refractivity contribution < 1.29 is 23.9 Å². The Hall–Kier alpha value is -4.42. The fraction of sp³-hybridized carbons (Fsp3) is 0.235. The van der Waals surface area contributed by atoms with Gasteiger partial charge in [0.15, 0.2) is 0 Å². The molecule has 6 nitrogen and oxygen atoms in total. The molecule has 0 bridgehead atoms. The molecule has 0 unspecified atom stereocenters. The average molecular weight is 536 g/mol. The van der Waals surface area contributed by atoms with E-state index >= 15 is 0 Å². The van der Waals surface area contributed by atoms with Crippen molar-refractivity contribution in [2.45, 2.75) is 31.7 Å². The first kappa shape index (κ1) is 27.2. The minimum absolute atomic E-state index is 0.214. The topological polar surface area (TPSA) is 65.1 Å². The summed E-state index contributed by atoms with van der Waals surface area (Å²) in [6.45, 7) is 8.61. The first-order valence-electron chi connectivity index (χ1n) is 13.4. The van der Waals surface area contributed by atoms with E-state index in [4.69, 9.17) is 14.3 Å². The molecule has 0 radical (unpaired) electrons. The van der Waals surface area contributed by atoms with Gasteiger partial charge >= 0.3 is 11.9 Å². The van der Waals surface area contributed by atoms with Crippen LogP contribution in [0.3, 0.4) is 0 Å². The van der Waals surface area contributed by atoms with Gasteiger partial charge in [0.25, 0.3) is 0 Å². The van der Waals surface area contributed by atoms with Crippen LogP contribution in [0, 0.1) is 6.92 Å². The normalized spacial score (nSPS) is 19.2. The maximum absolute atomic E-state index is 14.3. The number of ether oxygens (including phenoxy) is 2. The predicted molar refractivity (Wildman–Crippen MR) is 156 cm³/mol. The van der Waals surface area contributed by atoms with Crippen LogP contribution < -0.4 is 5.06 Å². The predicted octanol–water partition coefficient (Wildman–Crippen LogP) is 6.88. The third-order valence-corrected chi connectivity index (χ3v) is 7.48. The molecule has 0 saturated carbocycles. The Morgan fingerprint density at radius 3 is 2.38 bits per heavy atom. The number of benzene rings is 4. The second-order valence-electron chi connectivity index (χ2n) is 10.1. The zero-order valence-electron chi connectivity index (χ0n) is 23.1. The first-order valence-corrected chi connectivity index (χ1v) is 13.4. The molecular weight excluding hydrogens is 502 g/mol. The molecule has 1 saturated heterocycles. The first-order chi connectivity index (χ1) is 19.4. The second-order valence-corrected chi connectivity index (χ2v) is 10.1. The molecule has 1 fully saturated rings. The van der Waals surface area contributed by atoms with Gasteiger partial charge in [0, 0.05) is 0 Å². The van der Waals surface area contributed by atoms with Gasteiger partial charge in [-0.1, -0.05) is 78.9 Å². The van der Waals surface area contributed by atoms with E-state index in [-0.39, 0.29) is 12.6 Å². The van der Waals surface area contributed by atoms with Crippen LogP contribution in [0.1, 0.15) is 46.4 Å². The zero-order valence-corrected chi connectivity index (χ0v) is 23.1. The number of aryl methyl sites for hydroxylation is 1. The van der Waals surface area contributed by atoms with Crippen LogP contribution in [-0.4, -0.2) is 32.3 Å². The number of rotatable bonds is 6. The fourth-order valence-electron chi connectivity index (χ4n) is 5.66. The summed E-state index contributed by atoms with van der Waals surface area (Å²) in [6, 6.07) is 28.6. The number of hydroxylamine groups is 1. The molecule has 4 aromatic carbocycles. The van der Waals surface area contributed by atoms with Gasteiger partial charge in [-0.05, 0) is 72.0 Å². The van der Waals surface area contributed by atoms with E-state index in [0.717, 1.165) is 33.0 Å². The van der Waals surface area contributed by atoms with Gasteiger partial charge in [0.1, 0.15) is 11.5 Å². The Bertz CT molecular complexity index is 1540. The maximum Gasteiger partial charge on any atom is 0.338 e. The van der Waals surface area contributed by atoms with E-state index in [1.165, 1.54) is 7.11 Å². The molecule has 1 aliphatic rings. The van der Waals surface area contributed by atoms with Crippen molar-refractivity contribution in [2.24, 2.45) is 0 Å². The molecule has 2 atom stereocenters. The van der Waals surface area contributed by atoms with Gasteiger partial charge < -0.3 is 9.47 Å². The number of carbonyl (C=O) groups is 2. The van der Waals surface area contributed by atoms with E-state index < -0.39 is 17.4 Å². The molecule has 204 valence electrons. The van der Waals surface area contributed by atoms with Crippen LogP contribution in [-0.2, 0) is 24.5 Å². The molecule has 4 aromatic rings. The lowest BCUT2D eigenvalue weighted by molar-refractivity contribution is -0.149. The number of esters is 2. The highest BCUT2D eigenvalue weighted by Crippen LogP contribution is 2.51. The summed E-state index contributed by atoms with van der Waals surface area (Å²) in [7, 11) is 1.43. The standard InChI is InChI=1S/C34H33NO5/c1-5-39-32(36)27-17-19-28(20-18-27)35-31(26-15-13-23(2)14-16-26)34(33(37)38-4,21-24(3)22-40-35)30-12-8-10-25-9-6-7-11-29(25)30/h6-20,31H,3,5,21-22H2,1-2,4H3/t31-,34+/m0/s1. The summed E-state index contributed by atoms with van der Waals surface area (Å²) in [6.07, 6.45) is 0.323. The summed E-state index contributed by atoms with van der Waals surface area (Å²) < 4.78 is 10.8. The van der Waals surface area contributed by atoms with Gasteiger partial charge in [0.2, 0.25) is 0 Å². The minimum atomic E-state index is -1.21. The van der Waals surface area contributed by atoms with Crippen LogP contribution >= 0.6 is 0 Å².